The molecule has 21 heavy (non-hydrogen) atoms. The van der Waals surface area contributed by atoms with E-state index in [2.05, 4.69) is 46.5 Å². The van der Waals surface area contributed by atoms with Crippen molar-refractivity contribution in [2.45, 2.75) is 25.8 Å². The van der Waals surface area contributed by atoms with Gasteiger partial charge in [-0.05, 0) is 43.5 Å². The Balaban J connectivity index is 1.62. The van der Waals surface area contributed by atoms with E-state index >= 15 is 0 Å². The lowest BCUT2D eigenvalue weighted by molar-refractivity contribution is 0.701. The molecule has 108 valence electrons. The molecule has 0 bridgehead atoms. The number of aryl methyl sites for hydroxylation is 1. The molecule has 1 atom stereocenters. The Morgan fingerprint density at radius 1 is 1.19 bits per heavy atom. The van der Waals surface area contributed by atoms with Crippen LogP contribution in [0.3, 0.4) is 0 Å². The summed E-state index contributed by atoms with van der Waals surface area (Å²) >= 11 is 0. The molecule has 3 aromatic rings. The van der Waals surface area contributed by atoms with E-state index in [1.165, 1.54) is 5.56 Å². The van der Waals surface area contributed by atoms with Crippen molar-refractivity contribution in [2.24, 2.45) is 0 Å². The summed E-state index contributed by atoms with van der Waals surface area (Å²) in [5.41, 5.74) is 9.79. The molecule has 1 unspecified atom stereocenters. The van der Waals surface area contributed by atoms with Crippen molar-refractivity contribution in [2.75, 3.05) is 11.1 Å². The highest BCUT2D eigenvalue weighted by molar-refractivity contribution is 5.80. The normalized spacial score (nSPS) is 12.4. The zero-order valence-electron chi connectivity index (χ0n) is 12.1. The van der Waals surface area contributed by atoms with Gasteiger partial charge in [0.2, 0.25) is 5.95 Å². The smallest absolute Gasteiger partial charge is 0.201 e. The van der Waals surface area contributed by atoms with E-state index in [9.17, 15) is 0 Å². The predicted octanol–water partition coefficient (Wildman–Crippen LogP) is 3.58. The molecule has 4 nitrogen and oxygen atoms in total. The van der Waals surface area contributed by atoms with Gasteiger partial charge in [-0.2, -0.15) is 0 Å². The number of hydrogen-bond donors (Lipinski definition) is 3. The molecule has 1 heterocycles. The summed E-state index contributed by atoms with van der Waals surface area (Å²) < 4.78 is 0. The third kappa shape index (κ3) is 3.34. The Bertz CT molecular complexity index is 718. The Labute approximate surface area is 124 Å². The van der Waals surface area contributed by atoms with Crippen LogP contribution >= 0.6 is 0 Å². The third-order valence-electron chi connectivity index (χ3n) is 3.60. The van der Waals surface area contributed by atoms with Gasteiger partial charge in [0.05, 0.1) is 11.0 Å². The highest BCUT2D eigenvalue weighted by atomic mass is 15.1. The first-order chi connectivity index (χ1) is 10.2. The monoisotopic (exact) mass is 280 g/mol. The van der Waals surface area contributed by atoms with Gasteiger partial charge >= 0.3 is 0 Å². The van der Waals surface area contributed by atoms with E-state index in [-0.39, 0.29) is 0 Å². The standard InChI is InChI=1S/C17H20N4/c1-12(7-8-13-5-3-2-4-6-13)19-17-20-15-10-9-14(18)11-16(15)21-17/h2-6,9-12H,7-8,18H2,1H3,(H2,19,20,21). The molecule has 1 aromatic heterocycles. The molecule has 0 fully saturated rings. The number of benzene rings is 2. The van der Waals surface area contributed by atoms with Gasteiger partial charge in [0.15, 0.2) is 0 Å². The van der Waals surface area contributed by atoms with Crippen molar-refractivity contribution < 1.29 is 0 Å². The maximum absolute atomic E-state index is 5.78. The topological polar surface area (TPSA) is 66.7 Å². The molecule has 3 rings (SSSR count). The van der Waals surface area contributed by atoms with Crippen LogP contribution in [0.15, 0.2) is 48.5 Å². The summed E-state index contributed by atoms with van der Waals surface area (Å²) in [4.78, 5) is 7.79. The molecule has 2 aromatic carbocycles. The molecule has 0 aliphatic rings. The highest BCUT2D eigenvalue weighted by Gasteiger charge is 2.07. The minimum Gasteiger partial charge on any atom is -0.399 e. The van der Waals surface area contributed by atoms with Crippen molar-refractivity contribution in [3.63, 3.8) is 0 Å². The Kier molecular flexibility index (Phi) is 3.77. The Morgan fingerprint density at radius 2 is 2.00 bits per heavy atom. The average molecular weight is 280 g/mol. The summed E-state index contributed by atoms with van der Waals surface area (Å²) in [5.74, 6) is 0.802. The van der Waals surface area contributed by atoms with Crippen LogP contribution in [-0.4, -0.2) is 16.0 Å². The minimum absolute atomic E-state index is 0.350. The summed E-state index contributed by atoms with van der Waals surface area (Å²) in [6, 6.07) is 16.6. The fourth-order valence-electron chi connectivity index (χ4n) is 2.43. The highest BCUT2D eigenvalue weighted by Crippen LogP contribution is 2.18. The molecule has 4 heteroatoms. The van der Waals surface area contributed by atoms with E-state index in [0.717, 1.165) is 35.5 Å². The zero-order chi connectivity index (χ0) is 14.7. The molecule has 0 radical (unpaired) electrons. The molecular formula is C17H20N4. The largest absolute Gasteiger partial charge is 0.399 e. The van der Waals surface area contributed by atoms with Crippen LogP contribution in [0.1, 0.15) is 18.9 Å². The molecule has 0 spiro atoms. The third-order valence-corrected chi connectivity index (χ3v) is 3.60. The molecule has 0 amide bonds. The van der Waals surface area contributed by atoms with Crippen molar-refractivity contribution in [3.8, 4) is 0 Å². The van der Waals surface area contributed by atoms with Crippen molar-refractivity contribution in [3.05, 3.63) is 54.1 Å². The molecule has 0 saturated carbocycles. The van der Waals surface area contributed by atoms with E-state index in [1.54, 1.807) is 0 Å². The molecule has 0 aliphatic carbocycles. The average Bonchev–Trinajstić information content (AvgIpc) is 2.87. The first kappa shape index (κ1) is 13.5. The maximum atomic E-state index is 5.78. The number of rotatable bonds is 5. The number of aromatic nitrogens is 2. The van der Waals surface area contributed by atoms with Gasteiger partial charge in [-0.3, -0.25) is 0 Å². The maximum Gasteiger partial charge on any atom is 0.201 e. The van der Waals surface area contributed by atoms with Crippen LogP contribution in [0.2, 0.25) is 0 Å². The van der Waals surface area contributed by atoms with Crippen molar-refractivity contribution >= 4 is 22.7 Å². The number of fused-ring (bicyclic) bond motifs is 1. The summed E-state index contributed by atoms with van der Waals surface area (Å²) in [6.07, 6.45) is 2.12. The number of nitrogen functional groups attached to an aromatic ring is 1. The van der Waals surface area contributed by atoms with Crippen LogP contribution in [0.25, 0.3) is 11.0 Å². The second-order valence-corrected chi connectivity index (χ2v) is 5.43. The van der Waals surface area contributed by atoms with Gasteiger partial charge in [-0.25, -0.2) is 4.98 Å². The van der Waals surface area contributed by atoms with Gasteiger partial charge in [0.1, 0.15) is 0 Å². The summed E-state index contributed by atoms with van der Waals surface area (Å²) in [5, 5.41) is 3.41. The number of aromatic amines is 1. The van der Waals surface area contributed by atoms with Gasteiger partial charge < -0.3 is 16.0 Å². The van der Waals surface area contributed by atoms with Crippen molar-refractivity contribution in [1.29, 1.82) is 0 Å². The summed E-state index contributed by atoms with van der Waals surface area (Å²) in [7, 11) is 0. The van der Waals surface area contributed by atoms with E-state index in [1.807, 2.05) is 24.3 Å². The van der Waals surface area contributed by atoms with Crippen LogP contribution in [-0.2, 0) is 6.42 Å². The van der Waals surface area contributed by atoms with E-state index < -0.39 is 0 Å². The minimum atomic E-state index is 0.350. The number of nitrogens with two attached hydrogens (primary N) is 1. The lowest BCUT2D eigenvalue weighted by Crippen LogP contribution is -2.16. The van der Waals surface area contributed by atoms with Crippen LogP contribution in [0.4, 0.5) is 11.6 Å². The quantitative estimate of drug-likeness (QED) is 0.626. The number of hydrogen-bond acceptors (Lipinski definition) is 3. The fraction of sp³-hybridized carbons (Fsp3) is 0.235. The van der Waals surface area contributed by atoms with Gasteiger partial charge in [-0.1, -0.05) is 30.3 Å². The van der Waals surface area contributed by atoms with Gasteiger partial charge in [-0.15, -0.1) is 0 Å². The zero-order valence-corrected chi connectivity index (χ0v) is 12.1. The number of imidazole rings is 1. The molecule has 4 N–H and O–H groups in total. The second kappa shape index (κ2) is 5.87. The first-order valence-corrected chi connectivity index (χ1v) is 7.26. The lowest BCUT2D eigenvalue weighted by atomic mass is 10.1. The number of nitrogens with one attached hydrogen (secondary N) is 2. The van der Waals surface area contributed by atoms with Gasteiger partial charge in [0, 0.05) is 11.7 Å². The lowest BCUT2D eigenvalue weighted by Gasteiger charge is -2.12. The predicted molar refractivity (Wildman–Crippen MR) is 88.4 cm³/mol. The number of nitrogens with zero attached hydrogens (tertiary/aromatic N) is 1. The summed E-state index contributed by atoms with van der Waals surface area (Å²) in [6.45, 7) is 2.17. The fourth-order valence-corrected chi connectivity index (χ4v) is 2.43. The van der Waals surface area contributed by atoms with Crippen LogP contribution < -0.4 is 11.1 Å². The van der Waals surface area contributed by atoms with E-state index in [0.29, 0.717) is 6.04 Å². The second-order valence-electron chi connectivity index (χ2n) is 5.43. The first-order valence-electron chi connectivity index (χ1n) is 7.26. The number of H-pyrrole nitrogens is 1. The van der Waals surface area contributed by atoms with Crippen LogP contribution in [0, 0.1) is 0 Å². The molecule has 0 saturated heterocycles. The van der Waals surface area contributed by atoms with E-state index in [4.69, 9.17) is 5.73 Å². The Hall–Kier alpha value is -2.49. The van der Waals surface area contributed by atoms with Gasteiger partial charge in [0.25, 0.3) is 0 Å². The number of anilines is 2. The SMILES string of the molecule is CC(CCc1ccccc1)Nc1nc2ccc(N)cc2[nH]1. The Morgan fingerprint density at radius 3 is 2.81 bits per heavy atom. The molecule has 0 aliphatic heterocycles. The van der Waals surface area contributed by atoms with Crippen molar-refractivity contribution in [1.82, 2.24) is 9.97 Å². The molecular weight excluding hydrogens is 260 g/mol. The van der Waals surface area contributed by atoms with Crippen LogP contribution in [0.5, 0.6) is 0 Å².